The van der Waals surface area contributed by atoms with E-state index in [1.54, 1.807) is 11.0 Å². The lowest BCUT2D eigenvalue weighted by Crippen LogP contribution is -2.43. The number of halogens is 2. The van der Waals surface area contributed by atoms with Gasteiger partial charge >= 0.3 is 0 Å². The predicted molar refractivity (Wildman–Crippen MR) is 98.1 cm³/mol. The van der Waals surface area contributed by atoms with Crippen LogP contribution in [0.2, 0.25) is 0 Å². The molecular formula is C15H18BrClN4O4. The largest absolute Gasteiger partial charge is 0.376 e. The number of benzene rings is 1. The van der Waals surface area contributed by atoms with Crippen LogP contribution in [0.1, 0.15) is 23.2 Å². The summed E-state index contributed by atoms with van der Waals surface area (Å²) in [6, 6.07) is 2.82. The molecule has 1 aromatic rings. The number of likely N-dealkylation sites (tertiary alicyclic amines) is 1. The number of carbonyl (C=O) groups excluding carboxylic acids is 2. The van der Waals surface area contributed by atoms with Gasteiger partial charge in [0, 0.05) is 36.7 Å². The van der Waals surface area contributed by atoms with Crippen molar-refractivity contribution in [1.82, 2.24) is 10.2 Å². The predicted octanol–water partition coefficient (Wildman–Crippen LogP) is 2.36. The minimum Gasteiger partial charge on any atom is -0.376 e. The van der Waals surface area contributed by atoms with E-state index in [2.05, 4.69) is 26.6 Å². The van der Waals surface area contributed by atoms with Crippen LogP contribution in [0.5, 0.6) is 0 Å². The molecule has 1 aromatic carbocycles. The summed E-state index contributed by atoms with van der Waals surface area (Å²) in [6.07, 6.45) is 1.23. The van der Waals surface area contributed by atoms with E-state index >= 15 is 0 Å². The first-order valence-corrected chi connectivity index (χ1v) is 9.00. The van der Waals surface area contributed by atoms with Crippen LogP contribution in [0.4, 0.5) is 11.4 Å². The minimum atomic E-state index is -0.522. The van der Waals surface area contributed by atoms with E-state index in [1.807, 2.05) is 0 Å². The van der Waals surface area contributed by atoms with Crippen molar-refractivity contribution in [2.24, 2.45) is 0 Å². The van der Waals surface area contributed by atoms with E-state index in [4.69, 9.17) is 11.6 Å². The molecule has 0 unspecified atom stereocenters. The zero-order valence-corrected chi connectivity index (χ0v) is 15.9. The van der Waals surface area contributed by atoms with Crippen molar-refractivity contribution in [2.45, 2.75) is 18.9 Å². The maximum absolute atomic E-state index is 12.1. The first-order valence-electron chi connectivity index (χ1n) is 7.67. The molecule has 2 rings (SSSR count). The van der Waals surface area contributed by atoms with Gasteiger partial charge in [-0.1, -0.05) is 15.9 Å². The Labute approximate surface area is 158 Å². The van der Waals surface area contributed by atoms with Gasteiger partial charge in [0.15, 0.2) is 0 Å². The molecule has 10 heteroatoms. The van der Waals surface area contributed by atoms with Crippen molar-refractivity contribution in [3.63, 3.8) is 0 Å². The van der Waals surface area contributed by atoms with Gasteiger partial charge in [0.1, 0.15) is 11.6 Å². The van der Waals surface area contributed by atoms with Crippen molar-refractivity contribution in [3.05, 3.63) is 32.3 Å². The molecule has 0 aliphatic carbocycles. The van der Waals surface area contributed by atoms with Gasteiger partial charge in [0.25, 0.3) is 11.6 Å². The lowest BCUT2D eigenvalue weighted by molar-refractivity contribution is -0.384. The molecule has 25 heavy (non-hydrogen) atoms. The van der Waals surface area contributed by atoms with Crippen LogP contribution in [-0.2, 0) is 4.79 Å². The minimum absolute atomic E-state index is 0.0584. The molecule has 0 aromatic heterocycles. The number of amides is 2. The van der Waals surface area contributed by atoms with Crippen molar-refractivity contribution < 1.29 is 14.5 Å². The highest BCUT2D eigenvalue weighted by molar-refractivity contribution is 9.10. The average molecular weight is 434 g/mol. The number of hydrogen-bond acceptors (Lipinski definition) is 5. The fourth-order valence-corrected chi connectivity index (χ4v) is 3.38. The van der Waals surface area contributed by atoms with Gasteiger partial charge in [-0.25, -0.2) is 0 Å². The summed E-state index contributed by atoms with van der Waals surface area (Å²) in [7, 11) is 1.47. The summed E-state index contributed by atoms with van der Waals surface area (Å²) < 4.78 is 0.450. The summed E-state index contributed by atoms with van der Waals surface area (Å²) in [4.78, 5) is 36.3. The Morgan fingerprint density at radius 3 is 2.56 bits per heavy atom. The van der Waals surface area contributed by atoms with Gasteiger partial charge in [-0.05, 0) is 18.9 Å². The molecule has 2 amide bonds. The topological polar surface area (TPSA) is 105 Å². The molecule has 0 saturated carbocycles. The van der Waals surface area contributed by atoms with E-state index in [1.165, 1.54) is 13.1 Å². The maximum atomic E-state index is 12.1. The third-order valence-electron chi connectivity index (χ3n) is 4.06. The molecule has 1 saturated heterocycles. The molecule has 8 nitrogen and oxygen atoms in total. The number of hydrogen-bond donors (Lipinski definition) is 2. The Bertz CT molecular complexity index is 692. The molecule has 136 valence electrons. The lowest BCUT2D eigenvalue weighted by Gasteiger charge is -2.32. The lowest BCUT2D eigenvalue weighted by atomic mass is 10.0. The van der Waals surface area contributed by atoms with E-state index in [0.29, 0.717) is 30.4 Å². The molecule has 1 aliphatic rings. The van der Waals surface area contributed by atoms with Crippen LogP contribution in [0.15, 0.2) is 16.6 Å². The third kappa shape index (κ3) is 4.60. The average Bonchev–Trinajstić information content (AvgIpc) is 2.61. The molecule has 0 bridgehead atoms. The number of nitrogens with one attached hydrogen (secondary N) is 2. The summed E-state index contributed by atoms with van der Waals surface area (Å²) in [5.41, 5.74) is 0.213. The number of anilines is 1. The quantitative estimate of drug-likeness (QED) is 0.421. The van der Waals surface area contributed by atoms with Crippen LogP contribution in [0.25, 0.3) is 0 Å². The Kier molecular flexibility index (Phi) is 6.60. The Balaban J connectivity index is 2.25. The Morgan fingerprint density at radius 1 is 1.40 bits per heavy atom. The fourth-order valence-electron chi connectivity index (χ4n) is 2.76. The van der Waals surface area contributed by atoms with Gasteiger partial charge in [0.2, 0.25) is 5.91 Å². The summed E-state index contributed by atoms with van der Waals surface area (Å²) in [5.74, 6) is -0.598. The van der Waals surface area contributed by atoms with Crippen LogP contribution in [-0.4, -0.2) is 53.7 Å². The molecular weight excluding hydrogens is 416 g/mol. The van der Waals surface area contributed by atoms with E-state index in [-0.39, 0.29) is 34.8 Å². The molecule has 1 heterocycles. The molecule has 2 N–H and O–H groups in total. The highest BCUT2D eigenvalue weighted by Gasteiger charge is 2.28. The number of nitro groups is 1. The van der Waals surface area contributed by atoms with Gasteiger partial charge < -0.3 is 15.5 Å². The van der Waals surface area contributed by atoms with Gasteiger partial charge in [-0.2, -0.15) is 0 Å². The second kappa shape index (κ2) is 8.48. The number of nitro benzene ring substituents is 1. The van der Waals surface area contributed by atoms with Gasteiger partial charge in [-0.3, -0.25) is 19.7 Å². The second-order valence-corrected chi connectivity index (χ2v) is 6.80. The summed E-state index contributed by atoms with van der Waals surface area (Å²) in [6.45, 7) is 1.03. The smallest absolute Gasteiger partial charge is 0.294 e. The highest BCUT2D eigenvalue weighted by atomic mass is 79.9. The zero-order chi connectivity index (χ0) is 18.6. The van der Waals surface area contributed by atoms with E-state index in [0.717, 1.165) is 0 Å². The molecule has 0 radical (unpaired) electrons. The number of alkyl halides is 1. The van der Waals surface area contributed by atoms with Gasteiger partial charge in [0.05, 0.1) is 10.5 Å². The van der Waals surface area contributed by atoms with Crippen LogP contribution >= 0.6 is 27.5 Å². The fraction of sp³-hybridized carbons (Fsp3) is 0.467. The third-order valence-corrected chi connectivity index (χ3v) is 4.75. The van der Waals surface area contributed by atoms with Crippen molar-refractivity contribution in [3.8, 4) is 0 Å². The monoisotopic (exact) mass is 432 g/mol. The van der Waals surface area contributed by atoms with Crippen molar-refractivity contribution in [2.75, 3.05) is 31.3 Å². The van der Waals surface area contributed by atoms with Crippen molar-refractivity contribution in [1.29, 1.82) is 0 Å². The normalized spacial score (nSPS) is 14.9. The highest BCUT2D eigenvalue weighted by Crippen LogP contribution is 2.34. The van der Waals surface area contributed by atoms with Crippen LogP contribution < -0.4 is 10.6 Å². The summed E-state index contributed by atoms with van der Waals surface area (Å²) >= 11 is 8.76. The molecule has 1 fully saturated rings. The van der Waals surface area contributed by atoms with Crippen molar-refractivity contribution >= 4 is 50.7 Å². The number of piperidine rings is 1. The number of nitrogens with zero attached hydrogens (tertiary/aromatic N) is 2. The first kappa shape index (κ1) is 19.5. The zero-order valence-electron chi connectivity index (χ0n) is 13.6. The first-order chi connectivity index (χ1) is 11.9. The number of rotatable bonds is 5. The SMILES string of the molecule is CNC(=O)c1cc(Br)cc([N+](=O)[O-])c1NC1CCN(C(=O)CCl)CC1. The van der Waals surface area contributed by atoms with E-state index < -0.39 is 10.8 Å². The van der Waals surface area contributed by atoms with Gasteiger partial charge in [-0.15, -0.1) is 11.6 Å². The standard InChI is InChI=1S/C15H18BrClN4O4/c1-18-15(23)11-6-9(16)7-12(21(24)25)14(11)19-10-2-4-20(5-3-10)13(22)8-17/h6-7,10,19H,2-5,8H2,1H3,(H,18,23). The molecule has 0 spiro atoms. The summed E-state index contributed by atoms with van der Waals surface area (Å²) in [5, 5.41) is 17.0. The molecule has 0 atom stereocenters. The Morgan fingerprint density at radius 2 is 2.04 bits per heavy atom. The Hall–Kier alpha value is -1.87. The van der Waals surface area contributed by atoms with Crippen LogP contribution in [0.3, 0.4) is 0 Å². The van der Waals surface area contributed by atoms with E-state index in [9.17, 15) is 19.7 Å². The number of carbonyl (C=O) groups is 2. The van der Waals surface area contributed by atoms with Crippen LogP contribution in [0, 0.1) is 10.1 Å². The second-order valence-electron chi connectivity index (χ2n) is 5.62. The maximum Gasteiger partial charge on any atom is 0.294 e. The molecule has 1 aliphatic heterocycles.